The molecule has 0 aromatic rings. The number of hydrogen-bond donors (Lipinski definition) is 0. The van der Waals surface area contributed by atoms with Crippen molar-refractivity contribution in [3.63, 3.8) is 0 Å². The van der Waals surface area contributed by atoms with E-state index < -0.39 is 5.60 Å². The molecular formula is C17H19NO3. The second-order valence-electron chi connectivity index (χ2n) is 6.09. The Bertz CT molecular complexity index is 636. The van der Waals surface area contributed by atoms with Gasteiger partial charge in [-0.1, -0.05) is 6.42 Å². The monoisotopic (exact) mass is 285 g/mol. The molecule has 0 aromatic heterocycles. The van der Waals surface area contributed by atoms with E-state index in [2.05, 4.69) is 23.9 Å². The van der Waals surface area contributed by atoms with Crippen LogP contribution in [0.5, 0.6) is 0 Å². The number of carbonyl (C=O) groups is 1. The summed E-state index contributed by atoms with van der Waals surface area (Å²) in [5.41, 5.74) is 2.65. The van der Waals surface area contributed by atoms with E-state index >= 15 is 0 Å². The second-order valence-corrected chi connectivity index (χ2v) is 6.09. The van der Waals surface area contributed by atoms with Crippen LogP contribution in [0.1, 0.15) is 33.1 Å². The normalized spacial score (nSPS) is 36.7. The van der Waals surface area contributed by atoms with Gasteiger partial charge in [-0.25, -0.2) is 4.79 Å². The summed E-state index contributed by atoms with van der Waals surface area (Å²) in [6.45, 7) is 5.76. The quantitative estimate of drug-likeness (QED) is 0.544. The Hall–Kier alpha value is -1.73. The zero-order valence-electron chi connectivity index (χ0n) is 12.4. The van der Waals surface area contributed by atoms with Crippen LogP contribution in [-0.4, -0.2) is 41.7 Å². The van der Waals surface area contributed by atoms with Crippen LogP contribution in [0.15, 0.2) is 22.8 Å². The lowest BCUT2D eigenvalue weighted by molar-refractivity contribution is -0.146. The van der Waals surface area contributed by atoms with Crippen LogP contribution >= 0.6 is 0 Å². The minimum absolute atomic E-state index is 0.227. The third-order valence-corrected chi connectivity index (χ3v) is 5.18. The summed E-state index contributed by atoms with van der Waals surface area (Å²) < 4.78 is 11.0. The molecule has 4 heteroatoms. The van der Waals surface area contributed by atoms with E-state index in [4.69, 9.17) is 9.47 Å². The Morgan fingerprint density at radius 3 is 3.19 bits per heavy atom. The van der Waals surface area contributed by atoms with Crippen LogP contribution < -0.4 is 0 Å². The first-order valence-electron chi connectivity index (χ1n) is 7.79. The maximum atomic E-state index is 11.9. The van der Waals surface area contributed by atoms with Gasteiger partial charge in [-0.15, -0.1) is 0 Å². The van der Waals surface area contributed by atoms with E-state index in [0.29, 0.717) is 18.7 Å². The molecule has 4 nitrogen and oxygen atoms in total. The number of rotatable bonds is 1. The van der Waals surface area contributed by atoms with E-state index in [0.717, 1.165) is 24.1 Å². The smallest absolute Gasteiger partial charge is 0.332 e. The largest absolute Gasteiger partial charge is 0.447 e. The van der Waals surface area contributed by atoms with Crippen molar-refractivity contribution in [3.05, 3.63) is 22.8 Å². The summed E-state index contributed by atoms with van der Waals surface area (Å²) in [4.78, 5) is 14.4. The molecule has 4 rings (SSSR count). The minimum Gasteiger partial charge on any atom is -0.447 e. The first-order valence-corrected chi connectivity index (χ1v) is 7.79. The molecule has 0 N–H and O–H groups in total. The molecule has 3 atom stereocenters. The molecule has 3 aliphatic heterocycles. The van der Waals surface area contributed by atoms with Crippen molar-refractivity contribution in [1.82, 2.24) is 4.90 Å². The van der Waals surface area contributed by atoms with Crippen molar-refractivity contribution in [2.24, 2.45) is 0 Å². The van der Waals surface area contributed by atoms with Crippen molar-refractivity contribution < 1.29 is 14.3 Å². The Balaban J connectivity index is 1.81. The first-order chi connectivity index (χ1) is 10.2. The molecule has 110 valence electrons. The fourth-order valence-corrected chi connectivity index (χ4v) is 4.45. The van der Waals surface area contributed by atoms with Gasteiger partial charge >= 0.3 is 5.97 Å². The molecule has 0 amide bonds. The molecular weight excluding hydrogens is 266 g/mol. The van der Waals surface area contributed by atoms with Gasteiger partial charge in [0.25, 0.3) is 0 Å². The van der Waals surface area contributed by atoms with Gasteiger partial charge in [-0.2, -0.15) is 0 Å². The summed E-state index contributed by atoms with van der Waals surface area (Å²) in [6, 6.07) is 0.593. The minimum atomic E-state index is -0.493. The number of fused-ring (bicyclic) bond motifs is 1. The Kier molecular flexibility index (Phi) is 2.71. The van der Waals surface area contributed by atoms with E-state index in [-0.39, 0.29) is 5.97 Å². The molecule has 0 aromatic carbocycles. The average molecular weight is 285 g/mol. The van der Waals surface area contributed by atoms with Crippen molar-refractivity contribution in [2.75, 3.05) is 13.2 Å². The van der Waals surface area contributed by atoms with E-state index in [1.165, 1.54) is 18.4 Å². The number of hydrogen-bond acceptors (Lipinski definition) is 4. The van der Waals surface area contributed by atoms with Gasteiger partial charge in [0.2, 0.25) is 0 Å². The average Bonchev–Trinajstić information content (AvgIpc) is 2.88. The van der Waals surface area contributed by atoms with Gasteiger partial charge in [0.05, 0.1) is 12.6 Å². The molecule has 2 saturated heterocycles. The third kappa shape index (κ3) is 1.47. The molecule has 4 aliphatic rings. The summed E-state index contributed by atoms with van der Waals surface area (Å²) >= 11 is 0. The molecule has 1 aliphatic carbocycles. The fraction of sp³-hybridized carbons (Fsp3) is 0.588. The van der Waals surface area contributed by atoms with E-state index in [1.54, 1.807) is 6.08 Å². The van der Waals surface area contributed by atoms with Crippen molar-refractivity contribution >= 4 is 5.97 Å². The summed E-state index contributed by atoms with van der Waals surface area (Å²) in [5, 5.41) is 0. The summed E-state index contributed by atoms with van der Waals surface area (Å²) in [6.07, 6.45) is 7.88. The number of ether oxygens (including phenoxy) is 2. The molecule has 0 radical (unpaired) electrons. The van der Waals surface area contributed by atoms with E-state index in [9.17, 15) is 4.79 Å². The Labute approximate surface area is 124 Å². The molecule has 0 bridgehead atoms. The Morgan fingerprint density at radius 2 is 2.38 bits per heavy atom. The van der Waals surface area contributed by atoms with Crippen LogP contribution in [0.4, 0.5) is 0 Å². The lowest BCUT2D eigenvalue weighted by atomic mass is 9.66. The van der Waals surface area contributed by atoms with Crippen molar-refractivity contribution in [1.29, 1.82) is 0 Å². The van der Waals surface area contributed by atoms with Crippen LogP contribution in [-0.2, 0) is 14.3 Å². The topological polar surface area (TPSA) is 38.8 Å². The highest BCUT2D eigenvalue weighted by molar-refractivity contribution is 5.94. The molecule has 2 fully saturated rings. The van der Waals surface area contributed by atoms with Crippen LogP contribution in [0.3, 0.4) is 0 Å². The van der Waals surface area contributed by atoms with Gasteiger partial charge in [0, 0.05) is 28.8 Å². The standard InChI is InChI=1S/C17H19NO3/c1-3-20-9-7-12-13-10-15(19)21-17(13)14-6-4-5-8-18(14)11(2)16(12)17/h10-11,14H,3-6,8H2,1-2H3/t11-,14?,17-/m0/s1. The van der Waals surface area contributed by atoms with Gasteiger partial charge < -0.3 is 9.47 Å². The van der Waals surface area contributed by atoms with E-state index in [1.807, 2.05) is 6.92 Å². The zero-order chi connectivity index (χ0) is 14.6. The van der Waals surface area contributed by atoms with Gasteiger partial charge in [-0.3, -0.25) is 4.90 Å². The summed E-state index contributed by atoms with van der Waals surface area (Å²) in [5.74, 6) is 2.87. The van der Waals surface area contributed by atoms with Crippen molar-refractivity contribution in [3.8, 4) is 12.0 Å². The third-order valence-electron chi connectivity index (χ3n) is 5.18. The zero-order valence-corrected chi connectivity index (χ0v) is 12.4. The fourth-order valence-electron chi connectivity index (χ4n) is 4.45. The lowest BCUT2D eigenvalue weighted by Gasteiger charge is -2.43. The number of carbonyl (C=O) groups excluding carboxylic acids is 1. The molecule has 1 spiro atoms. The highest BCUT2D eigenvalue weighted by Crippen LogP contribution is 2.60. The number of nitrogens with zero attached hydrogens (tertiary/aromatic N) is 1. The van der Waals surface area contributed by atoms with Gasteiger partial charge in [-0.05, 0) is 39.2 Å². The maximum Gasteiger partial charge on any atom is 0.332 e. The predicted octanol–water partition coefficient (Wildman–Crippen LogP) is 1.77. The van der Waals surface area contributed by atoms with Crippen LogP contribution in [0.25, 0.3) is 0 Å². The number of piperidine rings is 1. The second kappa shape index (κ2) is 4.38. The lowest BCUT2D eigenvalue weighted by Crippen LogP contribution is -2.52. The van der Waals surface area contributed by atoms with Crippen LogP contribution in [0, 0.1) is 12.0 Å². The molecule has 0 saturated carbocycles. The SMILES string of the molecule is CCOC#CC1=C2[C@H](C)N3CCCCC3[C@]23OC(=O)C=C13. The first kappa shape index (κ1) is 13.0. The van der Waals surface area contributed by atoms with Gasteiger partial charge in [0.1, 0.15) is 6.11 Å². The van der Waals surface area contributed by atoms with Gasteiger partial charge in [0.15, 0.2) is 5.60 Å². The molecule has 1 unspecified atom stereocenters. The Morgan fingerprint density at radius 1 is 1.52 bits per heavy atom. The molecule has 21 heavy (non-hydrogen) atoms. The number of esters is 1. The predicted molar refractivity (Wildman–Crippen MR) is 77.1 cm³/mol. The highest BCUT2D eigenvalue weighted by atomic mass is 16.6. The summed E-state index contributed by atoms with van der Waals surface area (Å²) in [7, 11) is 0. The maximum absolute atomic E-state index is 11.9. The highest BCUT2D eigenvalue weighted by Gasteiger charge is 2.68. The van der Waals surface area contributed by atoms with Crippen molar-refractivity contribution in [2.45, 2.75) is 50.8 Å². The molecule has 3 heterocycles. The van der Waals surface area contributed by atoms with Crippen LogP contribution in [0.2, 0.25) is 0 Å².